The number of rotatable bonds is 1. The molecule has 1 atom stereocenters. The highest BCUT2D eigenvalue weighted by Crippen LogP contribution is 2.23. The van der Waals surface area contributed by atoms with Crippen molar-refractivity contribution in [1.82, 2.24) is 10.2 Å². The van der Waals surface area contributed by atoms with E-state index in [-0.39, 0.29) is 11.9 Å². The van der Waals surface area contributed by atoms with Crippen LogP contribution in [0, 0.1) is 0 Å². The molecule has 1 fully saturated rings. The average molecular weight is 283 g/mol. The summed E-state index contributed by atoms with van der Waals surface area (Å²) in [6, 6.07) is 8.33. The summed E-state index contributed by atoms with van der Waals surface area (Å²) in [5, 5.41) is 3.33. The van der Waals surface area contributed by atoms with Gasteiger partial charge in [-0.3, -0.25) is 4.79 Å². The molecule has 0 bridgehead atoms. The molecular formula is C12H15BrN2O. The molecule has 4 heteroatoms. The fourth-order valence-corrected chi connectivity index (χ4v) is 2.33. The summed E-state index contributed by atoms with van der Waals surface area (Å²) in [4.78, 5) is 13.5. The van der Waals surface area contributed by atoms with Gasteiger partial charge in [-0.15, -0.1) is 0 Å². The van der Waals surface area contributed by atoms with E-state index in [0.29, 0.717) is 0 Å². The van der Waals surface area contributed by atoms with Crippen LogP contribution < -0.4 is 5.32 Å². The third kappa shape index (κ3) is 2.44. The van der Waals surface area contributed by atoms with E-state index in [1.807, 2.05) is 17.0 Å². The summed E-state index contributed by atoms with van der Waals surface area (Å²) in [6.07, 6.45) is 0. The maximum atomic E-state index is 11.5. The Labute approximate surface area is 104 Å². The largest absolute Gasteiger partial charge is 0.333 e. The first kappa shape index (κ1) is 11.6. The molecule has 1 aromatic carbocycles. The minimum absolute atomic E-state index is 0.148. The number of benzene rings is 1. The van der Waals surface area contributed by atoms with Crippen molar-refractivity contribution in [3.8, 4) is 0 Å². The van der Waals surface area contributed by atoms with Crippen LogP contribution in [-0.4, -0.2) is 30.4 Å². The van der Waals surface area contributed by atoms with Gasteiger partial charge in [0.1, 0.15) is 0 Å². The predicted octanol–water partition coefficient (Wildman–Crippen LogP) is 1.94. The molecule has 1 saturated heterocycles. The van der Waals surface area contributed by atoms with E-state index in [0.717, 1.165) is 24.1 Å². The maximum Gasteiger partial charge on any atom is 0.220 e. The second-order valence-corrected chi connectivity index (χ2v) is 4.90. The van der Waals surface area contributed by atoms with Crippen molar-refractivity contribution in [2.24, 2.45) is 0 Å². The Hall–Kier alpha value is -0.870. The molecule has 1 N–H and O–H groups in total. The van der Waals surface area contributed by atoms with E-state index in [2.05, 4.69) is 33.4 Å². The van der Waals surface area contributed by atoms with Crippen molar-refractivity contribution >= 4 is 21.8 Å². The van der Waals surface area contributed by atoms with Gasteiger partial charge in [-0.05, 0) is 17.7 Å². The highest BCUT2D eigenvalue weighted by molar-refractivity contribution is 9.10. The zero-order valence-electron chi connectivity index (χ0n) is 9.24. The first-order chi connectivity index (χ1) is 7.68. The Balaban J connectivity index is 2.23. The number of carbonyl (C=O) groups is 1. The molecule has 0 radical (unpaired) electrons. The molecule has 3 nitrogen and oxygen atoms in total. The quantitative estimate of drug-likeness (QED) is 0.854. The number of nitrogens with one attached hydrogen (secondary N) is 1. The topological polar surface area (TPSA) is 32.3 Å². The molecule has 16 heavy (non-hydrogen) atoms. The van der Waals surface area contributed by atoms with Crippen molar-refractivity contribution in [2.45, 2.75) is 13.0 Å². The Morgan fingerprint density at radius 1 is 1.44 bits per heavy atom. The molecular weight excluding hydrogens is 268 g/mol. The summed E-state index contributed by atoms with van der Waals surface area (Å²) in [6.45, 7) is 4.14. The summed E-state index contributed by atoms with van der Waals surface area (Å²) < 4.78 is 1.06. The summed E-state index contributed by atoms with van der Waals surface area (Å²) in [5.41, 5.74) is 1.19. The molecule has 1 amide bonds. The van der Waals surface area contributed by atoms with Gasteiger partial charge in [0.15, 0.2) is 0 Å². The van der Waals surface area contributed by atoms with Crippen LogP contribution in [0.3, 0.4) is 0 Å². The van der Waals surface area contributed by atoms with Gasteiger partial charge in [-0.1, -0.05) is 28.1 Å². The van der Waals surface area contributed by atoms with Gasteiger partial charge in [0.25, 0.3) is 0 Å². The fraction of sp³-hybridized carbons (Fsp3) is 0.417. The first-order valence-electron chi connectivity index (χ1n) is 5.42. The number of hydrogen-bond acceptors (Lipinski definition) is 2. The monoisotopic (exact) mass is 282 g/mol. The van der Waals surface area contributed by atoms with Crippen LogP contribution in [0.4, 0.5) is 0 Å². The van der Waals surface area contributed by atoms with E-state index >= 15 is 0 Å². The molecule has 0 saturated carbocycles. The average Bonchev–Trinajstić information content (AvgIpc) is 2.30. The Kier molecular flexibility index (Phi) is 3.61. The highest BCUT2D eigenvalue weighted by Gasteiger charge is 2.25. The van der Waals surface area contributed by atoms with Gasteiger partial charge in [0.05, 0.1) is 6.04 Å². The molecule has 1 aliphatic heterocycles. The predicted molar refractivity (Wildman–Crippen MR) is 67.1 cm³/mol. The highest BCUT2D eigenvalue weighted by atomic mass is 79.9. The third-order valence-corrected chi connectivity index (χ3v) is 3.43. The van der Waals surface area contributed by atoms with Crippen LogP contribution in [0.15, 0.2) is 28.7 Å². The lowest BCUT2D eigenvalue weighted by Gasteiger charge is -2.35. The molecule has 2 rings (SSSR count). The second kappa shape index (κ2) is 4.97. The Bertz CT molecular complexity index is 377. The van der Waals surface area contributed by atoms with E-state index in [1.165, 1.54) is 5.56 Å². The van der Waals surface area contributed by atoms with Crippen LogP contribution in [-0.2, 0) is 4.79 Å². The van der Waals surface area contributed by atoms with E-state index in [9.17, 15) is 4.79 Å². The molecule has 0 aromatic heterocycles. The minimum Gasteiger partial charge on any atom is -0.333 e. The van der Waals surface area contributed by atoms with Gasteiger partial charge >= 0.3 is 0 Å². The molecule has 86 valence electrons. The van der Waals surface area contributed by atoms with Crippen LogP contribution in [0.1, 0.15) is 18.5 Å². The van der Waals surface area contributed by atoms with E-state index < -0.39 is 0 Å². The van der Waals surface area contributed by atoms with E-state index in [1.54, 1.807) is 6.92 Å². The van der Waals surface area contributed by atoms with Crippen molar-refractivity contribution in [2.75, 3.05) is 19.6 Å². The third-order valence-electron chi connectivity index (χ3n) is 2.90. The number of amides is 1. The fourth-order valence-electron chi connectivity index (χ4n) is 2.06. The molecule has 1 unspecified atom stereocenters. The Morgan fingerprint density at radius 3 is 2.75 bits per heavy atom. The Morgan fingerprint density at radius 2 is 2.12 bits per heavy atom. The van der Waals surface area contributed by atoms with E-state index in [4.69, 9.17) is 0 Å². The smallest absolute Gasteiger partial charge is 0.220 e. The molecule has 1 aliphatic rings. The van der Waals surface area contributed by atoms with Gasteiger partial charge in [-0.2, -0.15) is 0 Å². The minimum atomic E-state index is 0.148. The second-order valence-electron chi connectivity index (χ2n) is 3.98. The molecule has 1 aromatic rings. The molecule has 0 aliphatic carbocycles. The number of hydrogen-bond donors (Lipinski definition) is 1. The lowest BCUT2D eigenvalue weighted by atomic mass is 10.0. The van der Waals surface area contributed by atoms with Gasteiger partial charge in [-0.25, -0.2) is 0 Å². The zero-order valence-corrected chi connectivity index (χ0v) is 10.8. The van der Waals surface area contributed by atoms with Gasteiger partial charge in [0.2, 0.25) is 5.91 Å². The normalized spacial score (nSPS) is 20.9. The number of carbonyl (C=O) groups excluding carboxylic acids is 1. The van der Waals surface area contributed by atoms with Gasteiger partial charge in [0, 0.05) is 31.0 Å². The van der Waals surface area contributed by atoms with Crippen LogP contribution in [0.5, 0.6) is 0 Å². The lowest BCUT2D eigenvalue weighted by molar-refractivity contribution is -0.132. The van der Waals surface area contributed by atoms with Crippen molar-refractivity contribution in [3.05, 3.63) is 34.3 Å². The molecule has 0 spiro atoms. The van der Waals surface area contributed by atoms with Crippen molar-refractivity contribution in [1.29, 1.82) is 0 Å². The number of piperazine rings is 1. The summed E-state index contributed by atoms with van der Waals surface area (Å²) in [7, 11) is 0. The zero-order chi connectivity index (χ0) is 11.5. The maximum absolute atomic E-state index is 11.5. The first-order valence-corrected chi connectivity index (χ1v) is 6.21. The lowest BCUT2D eigenvalue weighted by Crippen LogP contribution is -2.47. The standard InChI is InChI=1S/C12H15BrN2O/c1-9(16)15-7-6-14-8-12(15)10-2-4-11(13)5-3-10/h2-5,12,14H,6-8H2,1H3. The summed E-state index contributed by atoms with van der Waals surface area (Å²) in [5.74, 6) is 0.148. The number of halogens is 1. The summed E-state index contributed by atoms with van der Waals surface area (Å²) >= 11 is 3.42. The van der Waals surface area contributed by atoms with Crippen LogP contribution in [0.25, 0.3) is 0 Å². The van der Waals surface area contributed by atoms with Crippen LogP contribution >= 0.6 is 15.9 Å². The van der Waals surface area contributed by atoms with Crippen molar-refractivity contribution in [3.63, 3.8) is 0 Å². The molecule has 1 heterocycles. The van der Waals surface area contributed by atoms with Crippen molar-refractivity contribution < 1.29 is 4.79 Å². The number of nitrogens with zero attached hydrogens (tertiary/aromatic N) is 1. The van der Waals surface area contributed by atoms with Gasteiger partial charge < -0.3 is 10.2 Å². The van der Waals surface area contributed by atoms with Crippen LogP contribution in [0.2, 0.25) is 0 Å². The SMILES string of the molecule is CC(=O)N1CCNCC1c1ccc(Br)cc1.